The van der Waals surface area contributed by atoms with Gasteiger partial charge in [0.15, 0.2) is 11.3 Å². The Morgan fingerprint density at radius 3 is 2.33 bits per heavy atom. The van der Waals surface area contributed by atoms with E-state index in [0.717, 1.165) is 11.1 Å². The fourth-order valence-electron chi connectivity index (χ4n) is 4.85. The summed E-state index contributed by atoms with van der Waals surface area (Å²) in [5, 5.41) is 17.5. The van der Waals surface area contributed by atoms with E-state index < -0.39 is 23.4 Å². The molecule has 4 amide bonds. The highest BCUT2D eigenvalue weighted by atomic mass is 16.5. The van der Waals surface area contributed by atoms with E-state index in [0.29, 0.717) is 53.7 Å². The Morgan fingerprint density at radius 1 is 0.949 bits per heavy atom. The van der Waals surface area contributed by atoms with Gasteiger partial charge in [-0.25, -0.2) is 9.78 Å². The van der Waals surface area contributed by atoms with E-state index in [1.807, 2.05) is 18.2 Å². The number of carbonyl (C=O) groups is 3. The lowest BCUT2D eigenvalue weighted by Crippen LogP contribution is -2.71. The number of nitrogens with zero attached hydrogens (tertiary/aromatic N) is 4. The summed E-state index contributed by atoms with van der Waals surface area (Å²) in [6.07, 6.45) is 2.44. The van der Waals surface area contributed by atoms with Crippen LogP contribution in [0.3, 0.4) is 0 Å². The van der Waals surface area contributed by atoms with Gasteiger partial charge in [-0.15, -0.1) is 0 Å². The molecule has 1 spiro atoms. The molecule has 0 atom stereocenters. The van der Waals surface area contributed by atoms with Crippen molar-refractivity contribution in [1.82, 2.24) is 20.8 Å². The largest absolute Gasteiger partial charge is 0.439 e. The summed E-state index contributed by atoms with van der Waals surface area (Å²) in [6.45, 7) is 0.466. The fraction of sp³-hybridized carbons (Fsp3) is 0.143. The quantitative estimate of drug-likeness (QED) is 0.375. The minimum absolute atomic E-state index is 0.295. The van der Waals surface area contributed by atoms with Gasteiger partial charge in [0, 0.05) is 29.8 Å². The third-order valence-electron chi connectivity index (χ3n) is 6.80. The van der Waals surface area contributed by atoms with Crippen molar-refractivity contribution in [2.75, 3.05) is 11.4 Å². The molecule has 2 aromatic carbocycles. The third-order valence-corrected chi connectivity index (χ3v) is 6.80. The van der Waals surface area contributed by atoms with Crippen LogP contribution >= 0.6 is 0 Å². The molecule has 11 heteroatoms. The highest BCUT2D eigenvalue weighted by Gasteiger charge is 2.57. The number of ether oxygens (including phenoxy) is 1. The molecule has 0 unspecified atom stereocenters. The van der Waals surface area contributed by atoms with Crippen LogP contribution in [-0.4, -0.2) is 40.1 Å². The van der Waals surface area contributed by atoms with Crippen LogP contribution in [0.5, 0.6) is 11.6 Å². The summed E-state index contributed by atoms with van der Waals surface area (Å²) in [5.74, 6) is 0.207. The second-order valence-electron chi connectivity index (χ2n) is 9.10. The molecule has 4 heterocycles. The number of benzene rings is 2. The number of barbiturate groups is 1. The molecule has 39 heavy (non-hydrogen) atoms. The van der Waals surface area contributed by atoms with E-state index in [2.05, 4.69) is 26.8 Å². The van der Waals surface area contributed by atoms with Crippen LogP contribution < -0.4 is 20.3 Å². The normalized spacial score (nSPS) is 16.1. The maximum atomic E-state index is 12.7. The van der Waals surface area contributed by atoms with Gasteiger partial charge < -0.3 is 14.2 Å². The Hall–Kier alpha value is -5.50. The molecule has 6 rings (SSSR count). The second-order valence-corrected chi connectivity index (χ2v) is 9.10. The van der Waals surface area contributed by atoms with Crippen LogP contribution in [0.25, 0.3) is 22.6 Å². The maximum absolute atomic E-state index is 12.7. The molecule has 2 saturated heterocycles. The standard InChI is InChI=1S/C28H20N6O5/c29-15-17-2-4-19(5-3-17)23-14-22(33-39-23)18-6-9-21(10-7-18)38-24-11-8-20(16-30-24)34-13-1-12-28(34)25(35)31-27(37)32-26(28)36/h2-11,14,16H,1,12-13H2,(H2,31,32,35,36,37). The lowest BCUT2D eigenvalue weighted by atomic mass is 9.92. The van der Waals surface area contributed by atoms with Gasteiger partial charge in [0.05, 0.1) is 23.5 Å². The molecule has 2 aliphatic heterocycles. The number of nitrogens with one attached hydrogen (secondary N) is 2. The molecule has 0 aliphatic carbocycles. The molecule has 0 bridgehead atoms. The molecular formula is C28H20N6O5. The van der Waals surface area contributed by atoms with Crippen LogP contribution in [0, 0.1) is 11.3 Å². The number of amides is 4. The molecule has 192 valence electrons. The molecule has 0 saturated carbocycles. The molecular weight excluding hydrogens is 500 g/mol. The molecule has 2 fully saturated rings. The molecule has 11 nitrogen and oxygen atoms in total. The Bertz CT molecular complexity index is 1600. The highest BCUT2D eigenvalue weighted by Crippen LogP contribution is 2.36. The first-order valence-corrected chi connectivity index (χ1v) is 12.1. The number of hydrogen-bond acceptors (Lipinski definition) is 9. The highest BCUT2D eigenvalue weighted by molar-refractivity contribution is 6.24. The minimum atomic E-state index is -1.48. The topological polar surface area (TPSA) is 150 Å². The predicted octanol–water partition coefficient (Wildman–Crippen LogP) is 3.77. The number of urea groups is 1. The van der Waals surface area contributed by atoms with E-state index in [1.165, 1.54) is 6.20 Å². The van der Waals surface area contributed by atoms with Crippen molar-refractivity contribution in [2.45, 2.75) is 18.4 Å². The number of rotatable bonds is 5. The Balaban J connectivity index is 1.14. The molecule has 2 aromatic heterocycles. The van der Waals surface area contributed by atoms with E-state index in [-0.39, 0.29) is 0 Å². The first-order chi connectivity index (χ1) is 19.0. The summed E-state index contributed by atoms with van der Waals surface area (Å²) in [4.78, 5) is 42.9. The van der Waals surface area contributed by atoms with E-state index >= 15 is 0 Å². The van der Waals surface area contributed by atoms with E-state index in [1.54, 1.807) is 53.4 Å². The molecule has 2 N–H and O–H groups in total. The predicted molar refractivity (Wildman–Crippen MR) is 137 cm³/mol. The molecule has 0 radical (unpaired) electrons. The van der Waals surface area contributed by atoms with Gasteiger partial charge in [0.2, 0.25) is 5.88 Å². The number of nitriles is 1. The maximum Gasteiger partial charge on any atom is 0.328 e. The number of pyridine rings is 1. The van der Waals surface area contributed by atoms with Crippen LogP contribution in [-0.2, 0) is 9.59 Å². The van der Waals surface area contributed by atoms with Crippen molar-refractivity contribution in [2.24, 2.45) is 0 Å². The number of carbonyl (C=O) groups excluding carboxylic acids is 3. The van der Waals surface area contributed by atoms with Crippen molar-refractivity contribution in [3.8, 4) is 40.3 Å². The first-order valence-electron chi connectivity index (χ1n) is 12.1. The zero-order chi connectivity index (χ0) is 27.0. The fourth-order valence-corrected chi connectivity index (χ4v) is 4.85. The average Bonchev–Trinajstić information content (AvgIpc) is 3.62. The van der Waals surface area contributed by atoms with Crippen LogP contribution in [0.1, 0.15) is 18.4 Å². The van der Waals surface area contributed by atoms with Gasteiger partial charge in [-0.1, -0.05) is 5.16 Å². The minimum Gasteiger partial charge on any atom is -0.439 e. The summed E-state index contributed by atoms with van der Waals surface area (Å²) in [6, 6.07) is 20.8. The van der Waals surface area contributed by atoms with Crippen molar-refractivity contribution in [1.29, 1.82) is 5.26 Å². The van der Waals surface area contributed by atoms with Gasteiger partial charge in [-0.2, -0.15) is 5.26 Å². The number of hydrogen-bond donors (Lipinski definition) is 2. The molecule has 2 aliphatic rings. The van der Waals surface area contributed by atoms with Crippen molar-refractivity contribution >= 4 is 23.5 Å². The SMILES string of the molecule is N#Cc1ccc(-c2cc(-c3ccc(Oc4ccc(N5CCCC56C(=O)NC(=O)NC6=O)cn4)cc3)no2)cc1. The third kappa shape index (κ3) is 4.23. The van der Waals surface area contributed by atoms with Gasteiger partial charge >= 0.3 is 6.03 Å². The zero-order valence-corrected chi connectivity index (χ0v) is 20.4. The smallest absolute Gasteiger partial charge is 0.328 e. The summed E-state index contributed by atoms with van der Waals surface area (Å²) >= 11 is 0. The number of anilines is 1. The van der Waals surface area contributed by atoms with E-state index in [4.69, 9.17) is 14.5 Å². The lowest BCUT2D eigenvalue weighted by molar-refractivity contribution is -0.137. The summed E-state index contributed by atoms with van der Waals surface area (Å²) < 4.78 is 11.3. The van der Waals surface area contributed by atoms with Crippen molar-refractivity contribution in [3.05, 3.63) is 78.5 Å². The van der Waals surface area contributed by atoms with Crippen molar-refractivity contribution in [3.63, 3.8) is 0 Å². The van der Waals surface area contributed by atoms with Crippen molar-refractivity contribution < 1.29 is 23.6 Å². The lowest BCUT2D eigenvalue weighted by Gasteiger charge is -2.38. The Kier molecular flexibility index (Phi) is 5.77. The number of aromatic nitrogens is 2. The van der Waals surface area contributed by atoms with E-state index in [9.17, 15) is 14.4 Å². The summed E-state index contributed by atoms with van der Waals surface area (Å²) in [7, 11) is 0. The Labute approximate surface area is 222 Å². The monoisotopic (exact) mass is 520 g/mol. The van der Waals surface area contributed by atoms with Gasteiger partial charge in [0.25, 0.3) is 11.8 Å². The van der Waals surface area contributed by atoms with Crippen LogP contribution in [0.2, 0.25) is 0 Å². The summed E-state index contributed by atoms with van der Waals surface area (Å²) in [5.41, 5.74) is 1.96. The first kappa shape index (κ1) is 23.9. The second kappa shape index (κ2) is 9.42. The average molecular weight is 521 g/mol. The van der Waals surface area contributed by atoms with Gasteiger partial charge in [-0.05, 0) is 67.4 Å². The zero-order valence-electron chi connectivity index (χ0n) is 20.4. The molecule has 4 aromatic rings. The number of imide groups is 2. The van der Waals surface area contributed by atoms with Gasteiger partial charge in [-0.3, -0.25) is 20.2 Å². The van der Waals surface area contributed by atoms with Crippen LogP contribution in [0.4, 0.5) is 10.5 Å². The Morgan fingerprint density at radius 2 is 1.67 bits per heavy atom. The van der Waals surface area contributed by atoms with Crippen LogP contribution in [0.15, 0.2) is 77.4 Å². The van der Waals surface area contributed by atoms with Gasteiger partial charge in [0.1, 0.15) is 11.4 Å².